The van der Waals surface area contributed by atoms with E-state index in [1.54, 1.807) is 4.40 Å². The minimum Gasteiger partial charge on any atom is -0.279 e. The Bertz CT molecular complexity index is 2890. The molecule has 0 fully saturated rings. The Morgan fingerprint density at radius 1 is 0.429 bits per heavy atom. The van der Waals surface area contributed by atoms with E-state index in [0.29, 0.717) is 39.8 Å². The summed E-state index contributed by atoms with van der Waals surface area (Å²) in [4.78, 5) is 34.7. The number of benzene rings is 6. The molecule has 0 spiro atoms. The molecule has 0 saturated carbocycles. The molecule has 6 aromatic carbocycles. The minimum absolute atomic E-state index is 0.125. The molecule has 8 heteroatoms. The van der Waals surface area contributed by atoms with Crippen LogP contribution in [-0.2, 0) is 0 Å². The van der Waals surface area contributed by atoms with Crippen molar-refractivity contribution in [3.05, 3.63) is 162 Å². The molecule has 0 radical (unpaired) electrons. The van der Waals surface area contributed by atoms with Crippen LogP contribution in [0.3, 0.4) is 0 Å². The summed E-state index contributed by atoms with van der Waals surface area (Å²) in [6, 6.07) is 49.9. The summed E-state index contributed by atoms with van der Waals surface area (Å²) in [6.45, 7) is 0. The number of fused-ring (bicyclic) bond motifs is 8. The van der Waals surface area contributed by atoms with Gasteiger partial charge in [0.15, 0.2) is 11.6 Å². The van der Waals surface area contributed by atoms with Crippen LogP contribution in [0.1, 0.15) is 0 Å². The van der Waals surface area contributed by atoms with Crippen LogP contribution in [0.25, 0.3) is 83.9 Å². The van der Waals surface area contributed by atoms with Gasteiger partial charge in [-0.05, 0) is 42.5 Å². The molecule has 0 unspecified atom stereocenters. The molecule has 49 heavy (non-hydrogen) atoms. The highest BCUT2D eigenvalue weighted by Gasteiger charge is 2.23. The van der Waals surface area contributed by atoms with Crippen molar-refractivity contribution in [2.24, 2.45) is 0 Å². The minimum atomic E-state index is -0.125. The van der Waals surface area contributed by atoms with E-state index in [1.807, 2.05) is 133 Å². The maximum atomic E-state index is 14.3. The van der Waals surface area contributed by atoms with Crippen LogP contribution in [0, 0.1) is 0 Å². The third-order valence-corrected chi connectivity index (χ3v) is 9.12. The first-order valence-corrected chi connectivity index (χ1v) is 16.1. The molecule has 0 bridgehead atoms. The number of nitrogens with zero attached hydrogens (tertiary/aromatic N) is 7. The van der Waals surface area contributed by atoms with E-state index >= 15 is 0 Å². The number of hydrogen-bond donors (Lipinski definition) is 0. The molecule has 8 nitrogen and oxygen atoms in total. The SMILES string of the molecule is O=c1c2ccccc2n(-c2ccccc2)c2nc3c4c(ccc3n12)c1ccccc1n4-c1nc(-c2ccccc2)nc(-c2ccccc2)n1. The van der Waals surface area contributed by atoms with Crippen LogP contribution < -0.4 is 5.56 Å². The quantitative estimate of drug-likeness (QED) is 0.195. The molecule has 0 atom stereocenters. The fourth-order valence-corrected chi connectivity index (χ4v) is 6.94. The fraction of sp³-hybridized carbons (Fsp3) is 0. The zero-order chi connectivity index (χ0) is 32.5. The van der Waals surface area contributed by atoms with Crippen molar-refractivity contribution in [2.45, 2.75) is 0 Å². The van der Waals surface area contributed by atoms with Crippen molar-refractivity contribution >= 4 is 49.5 Å². The molecular weight excluding hydrogens is 606 g/mol. The molecular formula is C41H25N7O. The summed E-state index contributed by atoms with van der Waals surface area (Å²) in [5, 5.41) is 2.62. The second-order valence-corrected chi connectivity index (χ2v) is 11.9. The zero-order valence-electron chi connectivity index (χ0n) is 26.0. The van der Waals surface area contributed by atoms with E-state index in [0.717, 1.165) is 44.1 Å². The van der Waals surface area contributed by atoms with Gasteiger partial charge in [0.2, 0.25) is 11.7 Å². The Hall–Kier alpha value is -6.93. The second-order valence-electron chi connectivity index (χ2n) is 11.9. The molecule has 10 aromatic rings. The van der Waals surface area contributed by atoms with Crippen LogP contribution in [-0.4, -0.2) is 33.5 Å². The van der Waals surface area contributed by atoms with Gasteiger partial charge < -0.3 is 0 Å². The molecule has 0 aliphatic heterocycles. The highest BCUT2D eigenvalue weighted by molar-refractivity contribution is 6.17. The summed E-state index contributed by atoms with van der Waals surface area (Å²) >= 11 is 0. The van der Waals surface area contributed by atoms with Gasteiger partial charge in [-0.15, -0.1) is 0 Å². The zero-order valence-corrected chi connectivity index (χ0v) is 26.0. The third-order valence-electron chi connectivity index (χ3n) is 9.12. The van der Waals surface area contributed by atoms with Crippen LogP contribution >= 0.6 is 0 Å². The van der Waals surface area contributed by atoms with E-state index in [4.69, 9.17) is 19.9 Å². The lowest BCUT2D eigenvalue weighted by molar-refractivity contribution is 0.954. The van der Waals surface area contributed by atoms with E-state index < -0.39 is 0 Å². The average molecular weight is 632 g/mol. The average Bonchev–Trinajstić information content (AvgIpc) is 3.72. The second kappa shape index (κ2) is 10.5. The van der Waals surface area contributed by atoms with Gasteiger partial charge in [0, 0.05) is 27.6 Å². The normalized spacial score (nSPS) is 11.8. The summed E-state index contributed by atoms with van der Waals surface area (Å²) in [5.74, 6) is 2.12. The van der Waals surface area contributed by atoms with Crippen LogP contribution in [0.5, 0.6) is 0 Å². The molecule has 0 amide bonds. The van der Waals surface area contributed by atoms with Crippen LogP contribution in [0.2, 0.25) is 0 Å². The van der Waals surface area contributed by atoms with Gasteiger partial charge in [-0.3, -0.25) is 13.9 Å². The fourth-order valence-electron chi connectivity index (χ4n) is 6.94. The topological polar surface area (TPSA) is 82.9 Å². The number of imidazole rings is 1. The molecule has 0 N–H and O–H groups in total. The Labute approximate surface area is 278 Å². The molecule has 230 valence electrons. The first-order chi connectivity index (χ1) is 24.2. The Balaban J connectivity index is 1.38. The third kappa shape index (κ3) is 4.07. The largest absolute Gasteiger partial charge is 0.279 e. The Kier molecular flexibility index (Phi) is 5.86. The molecule has 4 heterocycles. The smallest absolute Gasteiger partial charge is 0.267 e. The van der Waals surface area contributed by atoms with Crippen molar-refractivity contribution in [2.75, 3.05) is 0 Å². The monoisotopic (exact) mass is 631 g/mol. The van der Waals surface area contributed by atoms with E-state index in [2.05, 4.69) is 27.3 Å². The van der Waals surface area contributed by atoms with Crippen molar-refractivity contribution in [1.29, 1.82) is 0 Å². The maximum Gasteiger partial charge on any atom is 0.267 e. The first kappa shape index (κ1) is 27.2. The van der Waals surface area contributed by atoms with Crippen LogP contribution in [0.4, 0.5) is 0 Å². The summed E-state index contributed by atoms with van der Waals surface area (Å²) in [6.07, 6.45) is 0. The number of aromatic nitrogens is 7. The lowest BCUT2D eigenvalue weighted by Crippen LogP contribution is -2.18. The molecule has 0 aliphatic rings. The standard InChI is InChI=1S/C41H25N7O/c49-39-31-21-11-13-23-33(31)46(28-18-8-3-9-19-28)41-42-35-34(48(39)41)25-24-30-29-20-10-12-22-32(29)47(36(30)35)40-44-37(26-14-4-1-5-15-26)43-38(45-40)27-16-6-2-7-17-27/h1-25H. The van der Waals surface area contributed by atoms with Gasteiger partial charge in [-0.2, -0.15) is 9.97 Å². The lowest BCUT2D eigenvalue weighted by Gasteiger charge is -2.12. The summed E-state index contributed by atoms with van der Waals surface area (Å²) in [7, 11) is 0. The van der Waals surface area contributed by atoms with Crippen molar-refractivity contribution in [3.63, 3.8) is 0 Å². The van der Waals surface area contributed by atoms with E-state index in [9.17, 15) is 4.79 Å². The van der Waals surface area contributed by atoms with Gasteiger partial charge in [0.05, 0.1) is 27.5 Å². The predicted molar refractivity (Wildman–Crippen MR) is 194 cm³/mol. The molecule has 0 aliphatic carbocycles. The van der Waals surface area contributed by atoms with Crippen molar-refractivity contribution in [1.82, 2.24) is 33.5 Å². The Morgan fingerprint density at radius 3 is 1.63 bits per heavy atom. The summed E-state index contributed by atoms with van der Waals surface area (Å²) < 4.78 is 5.85. The van der Waals surface area contributed by atoms with Gasteiger partial charge in [0.25, 0.3) is 5.56 Å². The maximum absolute atomic E-state index is 14.3. The highest BCUT2D eigenvalue weighted by atomic mass is 16.1. The molecule has 10 rings (SSSR count). The predicted octanol–water partition coefficient (Wildman–Crippen LogP) is 8.41. The van der Waals surface area contributed by atoms with Crippen molar-refractivity contribution < 1.29 is 0 Å². The highest BCUT2D eigenvalue weighted by Crippen LogP contribution is 2.37. The first-order valence-electron chi connectivity index (χ1n) is 16.1. The van der Waals surface area contributed by atoms with Crippen LogP contribution in [0.15, 0.2) is 156 Å². The lowest BCUT2D eigenvalue weighted by atomic mass is 10.1. The number of rotatable bonds is 4. The number of hydrogen-bond acceptors (Lipinski definition) is 5. The van der Waals surface area contributed by atoms with Crippen molar-refractivity contribution in [3.8, 4) is 34.4 Å². The number of para-hydroxylation sites is 3. The van der Waals surface area contributed by atoms with Gasteiger partial charge >= 0.3 is 0 Å². The molecule has 0 saturated heterocycles. The van der Waals surface area contributed by atoms with Gasteiger partial charge in [-0.25, -0.2) is 14.4 Å². The van der Waals surface area contributed by atoms with Gasteiger partial charge in [0.1, 0.15) is 5.52 Å². The van der Waals surface area contributed by atoms with E-state index in [1.165, 1.54) is 0 Å². The summed E-state index contributed by atoms with van der Waals surface area (Å²) in [5.41, 5.74) is 6.46. The molecule has 4 aromatic heterocycles. The van der Waals surface area contributed by atoms with Gasteiger partial charge in [-0.1, -0.05) is 109 Å². The van der Waals surface area contributed by atoms with E-state index in [-0.39, 0.29) is 5.56 Å². The Morgan fingerprint density at radius 2 is 0.980 bits per heavy atom.